The van der Waals surface area contributed by atoms with Gasteiger partial charge in [0.1, 0.15) is 5.75 Å². The van der Waals surface area contributed by atoms with Crippen molar-refractivity contribution >= 4 is 11.6 Å². The van der Waals surface area contributed by atoms with Crippen LogP contribution in [-0.2, 0) is 0 Å². The van der Waals surface area contributed by atoms with Gasteiger partial charge in [0.05, 0.1) is 12.1 Å². The van der Waals surface area contributed by atoms with Gasteiger partial charge in [0.15, 0.2) is 0 Å². The Morgan fingerprint density at radius 1 is 1.29 bits per heavy atom. The number of nitrogens with one attached hydrogen (secondary N) is 1. The molecule has 21 heavy (non-hydrogen) atoms. The second-order valence-corrected chi connectivity index (χ2v) is 6.90. The molecule has 118 valence electrons. The molecule has 1 fully saturated rings. The van der Waals surface area contributed by atoms with E-state index >= 15 is 0 Å². The number of halogens is 1. The molecular weight excluding hydrogens is 282 g/mol. The van der Waals surface area contributed by atoms with Crippen molar-refractivity contribution in [2.75, 3.05) is 13.7 Å². The highest BCUT2D eigenvalue weighted by Crippen LogP contribution is 2.46. The molecule has 0 radical (unpaired) electrons. The molecule has 1 aromatic carbocycles. The van der Waals surface area contributed by atoms with E-state index in [1.807, 2.05) is 6.07 Å². The van der Waals surface area contributed by atoms with Gasteiger partial charge in [-0.3, -0.25) is 0 Å². The van der Waals surface area contributed by atoms with Crippen LogP contribution in [0.2, 0.25) is 5.02 Å². The summed E-state index contributed by atoms with van der Waals surface area (Å²) in [5.41, 5.74) is 1.62. The van der Waals surface area contributed by atoms with Crippen LogP contribution < -0.4 is 10.1 Å². The van der Waals surface area contributed by atoms with Crippen molar-refractivity contribution < 1.29 is 4.74 Å². The third-order valence-electron chi connectivity index (χ3n) is 4.80. The summed E-state index contributed by atoms with van der Waals surface area (Å²) in [7, 11) is 1.66. The predicted molar refractivity (Wildman–Crippen MR) is 90.2 cm³/mol. The number of hydrogen-bond acceptors (Lipinski definition) is 2. The van der Waals surface area contributed by atoms with Gasteiger partial charge >= 0.3 is 0 Å². The van der Waals surface area contributed by atoms with Crippen LogP contribution in [0.3, 0.4) is 0 Å². The zero-order valence-corrected chi connectivity index (χ0v) is 14.3. The fourth-order valence-corrected chi connectivity index (χ4v) is 3.83. The first-order valence-corrected chi connectivity index (χ1v) is 8.55. The average molecular weight is 310 g/mol. The molecule has 1 N–H and O–H groups in total. The lowest BCUT2D eigenvalue weighted by atomic mass is 9.68. The minimum atomic E-state index is 0.325. The minimum absolute atomic E-state index is 0.325. The molecule has 0 aliphatic heterocycles. The van der Waals surface area contributed by atoms with Crippen LogP contribution in [0.5, 0.6) is 5.75 Å². The number of ether oxygens (including phenoxy) is 1. The van der Waals surface area contributed by atoms with E-state index in [9.17, 15) is 0 Å². The Bertz CT molecular complexity index is 455. The number of rotatable bonds is 6. The molecular formula is C18H28ClNO. The van der Waals surface area contributed by atoms with E-state index in [1.165, 1.54) is 37.7 Å². The van der Waals surface area contributed by atoms with Crippen LogP contribution in [0.25, 0.3) is 0 Å². The normalized spacial score (nSPS) is 19.2. The first-order chi connectivity index (χ1) is 10.1. The Morgan fingerprint density at radius 3 is 2.57 bits per heavy atom. The zero-order chi connectivity index (χ0) is 15.3. The SMILES string of the molecule is CCCNC(c1ccc(OC)c(Cl)c1)C1(C)CCCCC1. The zero-order valence-electron chi connectivity index (χ0n) is 13.5. The predicted octanol–water partition coefficient (Wildman–Crippen LogP) is 5.36. The maximum absolute atomic E-state index is 6.34. The van der Waals surface area contributed by atoms with Crippen molar-refractivity contribution in [2.45, 2.75) is 58.4 Å². The summed E-state index contributed by atoms with van der Waals surface area (Å²) >= 11 is 6.34. The lowest BCUT2D eigenvalue weighted by Gasteiger charge is -2.42. The molecule has 0 bridgehead atoms. The Hall–Kier alpha value is -0.730. The van der Waals surface area contributed by atoms with Crippen molar-refractivity contribution in [3.8, 4) is 5.75 Å². The molecule has 0 heterocycles. The largest absolute Gasteiger partial charge is 0.495 e. The third kappa shape index (κ3) is 3.92. The monoisotopic (exact) mass is 309 g/mol. The molecule has 3 heteroatoms. The Balaban J connectivity index is 2.28. The molecule has 1 atom stereocenters. The number of methoxy groups -OCH3 is 1. The minimum Gasteiger partial charge on any atom is -0.495 e. The summed E-state index contributed by atoms with van der Waals surface area (Å²) in [5, 5.41) is 4.47. The molecule has 0 amide bonds. The standard InChI is InChI=1S/C18H28ClNO/c1-4-12-20-17(18(2)10-6-5-7-11-18)14-8-9-16(21-3)15(19)13-14/h8-9,13,17,20H,4-7,10-12H2,1-3H3. The van der Waals surface area contributed by atoms with E-state index < -0.39 is 0 Å². The van der Waals surface area contributed by atoms with Gasteiger partial charge in [0.25, 0.3) is 0 Å². The van der Waals surface area contributed by atoms with E-state index in [-0.39, 0.29) is 0 Å². The van der Waals surface area contributed by atoms with Crippen molar-refractivity contribution in [1.29, 1.82) is 0 Å². The molecule has 0 aromatic heterocycles. The highest BCUT2D eigenvalue weighted by Gasteiger charge is 2.36. The van der Waals surface area contributed by atoms with Gasteiger partial charge in [-0.25, -0.2) is 0 Å². The number of hydrogen-bond donors (Lipinski definition) is 1. The summed E-state index contributed by atoms with van der Waals surface area (Å²) in [6.45, 7) is 5.69. The lowest BCUT2D eigenvalue weighted by Crippen LogP contribution is -2.38. The van der Waals surface area contributed by atoms with E-state index in [1.54, 1.807) is 7.11 Å². The van der Waals surface area contributed by atoms with Crippen LogP contribution in [0, 0.1) is 5.41 Å². The van der Waals surface area contributed by atoms with Gasteiger partial charge in [0, 0.05) is 6.04 Å². The Morgan fingerprint density at radius 2 is 2.00 bits per heavy atom. The maximum atomic E-state index is 6.34. The van der Waals surface area contributed by atoms with Crippen LogP contribution >= 0.6 is 11.6 Å². The summed E-state index contributed by atoms with van der Waals surface area (Å²) in [4.78, 5) is 0. The van der Waals surface area contributed by atoms with Crippen LogP contribution in [-0.4, -0.2) is 13.7 Å². The van der Waals surface area contributed by atoms with Gasteiger partial charge in [0.2, 0.25) is 0 Å². The summed E-state index contributed by atoms with van der Waals surface area (Å²) in [6.07, 6.45) is 7.78. The van der Waals surface area contributed by atoms with Crippen LogP contribution in [0.15, 0.2) is 18.2 Å². The molecule has 0 saturated heterocycles. The average Bonchev–Trinajstić information content (AvgIpc) is 2.48. The molecule has 1 aliphatic rings. The molecule has 1 unspecified atom stereocenters. The summed E-state index contributed by atoms with van der Waals surface area (Å²) < 4.78 is 5.28. The molecule has 0 spiro atoms. The smallest absolute Gasteiger partial charge is 0.137 e. The van der Waals surface area contributed by atoms with Gasteiger partial charge < -0.3 is 10.1 Å². The summed E-state index contributed by atoms with van der Waals surface area (Å²) in [5.74, 6) is 0.753. The van der Waals surface area contributed by atoms with E-state index in [0.717, 1.165) is 18.7 Å². The van der Waals surface area contributed by atoms with Gasteiger partial charge in [-0.1, -0.05) is 50.8 Å². The second-order valence-electron chi connectivity index (χ2n) is 6.50. The topological polar surface area (TPSA) is 21.3 Å². The van der Waals surface area contributed by atoms with E-state index in [4.69, 9.17) is 16.3 Å². The fraction of sp³-hybridized carbons (Fsp3) is 0.667. The second kappa shape index (κ2) is 7.51. The van der Waals surface area contributed by atoms with E-state index in [2.05, 4.69) is 31.3 Å². The Labute approximate surface area is 134 Å². The van der Waals surface area contributed by atoms with Crippen molar-refractivity contribution in [2.24, 2.45) is 5.41 Å². The Kier molecular flexibility index (Phi) is 5.95. The van der Waals surface area contributed by atoms with Gasteiger partial charge in [-0.15, -0.1) is 0 Å². The molecule has 2 rings (SSSR count). The maximum Gasteiger partial charge on any atom is 0.137 e. The number of benzene rings is 1. The van der Waals surface area contributed by atoms with Gasteiger partial charge in [-0.05, 0) is 48.9 Å². The fourth-order valence-electron chi connectivity index (χ4n) is 3.57. The highest BCUT2D eigenvalue weighted by atomic mass is 35.5. The third-order valence-corrected chi connectivity index (χ3v) is 5.10. The van der Waals surface area contributed by atoms with E-state index in [0.29, 0.717) is 16.5 Å². The van der Waals surface area contributed by atoms with Crippen LogP contribution in [0.4, 0.5) is 0 Å². The molecule has 1 aromatic rings. The van der Waals surface area contributed by atoms with Crippen molar-refractivity contribution in [3.63, 3.8) is 0 Å². The van der Waals surface area contributed by atoms with Gasteiger partial charge in [-0.2, -0.15) is 0 Å². The quantitative estimate of drug-likeness (QED) is 0.763. The molecule has 1 saturated carbocycles. The van der Waals surface area contributed by atoms with Crippen molar-refractivity contribution in [3.05, 3.63) is 28.8 Å². The molecule has 2 nitrogen and oxygen atoms in total. The highest BCUT2D eigenvalue weighted by molar-refractivity contribution is 6.32. The van der Waals surface area contributed by atoms with Crippen molar-refractivity contribution in [1.82, 2.24) is 5.32 Å². The van der Waals surface area contributed by atoms with Crippen LogP contribution in [0.1, 0.15) is 64.0 Å². The summed E-state index contributed by atoms with van der Waals surface area (Å²) in [6, 6.07) is 6.61. The first-order valence-electron chi connectivity index (χ1n) is 8.17. The molecule has 1 aliphatic carbocycles. The first kappa shape index (κ1) is 16.6. The lowest BCUT2D eigenvalue weighted by molar-refractivity contribution is 0.144.